The number of sulfone groups is 1. The largest absolute Gasteiger partial charge is 0.351 e. The van der Waals surface area contributed by atoms with E-state index in [2.05, 4.69) is 5.32 Å². The summed E-state index contributed by atoms with van der Waals surface area (Å²) in [6.07, 6.45) is 2.55. The fourth-order valence-corrected chi connectivity index (χ4v) is 2.92. The predicted molar refractivity (Wildman–Crippen MR) is 71.2 cm³/mol. The summed E-state index contributed by atoms with van der Waals surface area (Å²) in [4.78, 5) is 10.9. The lowest BCUT2D eigenvalue weighted by Crippen LogP contribution is -2.19. The maximum Gasteiger partial charge on any atom is 0.316 e. The highest BCUT2D eigenvalue weighted by atomic mass is 32.2. The summed E-state index contributed by atoms with van der Waals surface area (Å²) in [7, 11) is -3.22. The number of carbonyl (C=O) groups is 1. The Labute approximate surface area is 107 Å². The Morgan fingerprint density at radius 2 is 1.83 bits per heavy atom. The first-order chi connectivity index (χ1) is 8.45. The number of urea groups is 1. The smallest absolute Gasteiger partial charge is 0.316 e. The molecule has 0 unspecified atom stereocenters. The number of unbranched alkanes of at least 4 members (excludes halogenated alkanes) is 2. The number of benzene rings is 1. The number of anilines is 1. The van der Waals surface area contributed by atoms with Crippen molar-refractivity contribution in [1.29, 1.82) is 0 Å². The Bertz CT molecular complexity index is 495. The standard InChI is InChI=1S/C12H18N2O3S/c1-2-3-4-9-18(16,17)11-7-5-10(6-8-11)14-12(13)15/h5-8H,2-4,9H2,1H3,(H3,13,14,15). The van der Waals surface area contributed by atoms with Gasteiger partial charge in [0.05, 0.1) is 10.6 Å². The number of hydrogen-bond donors (Lipinski definition) is 2. The number of carbonyl (C=O) groups excluding carboxylic acids is 1. The highest BCUT2D eigenvalue weighted by Gasteiger charge is 2.13. The Kier molecular flexibility index (Phi) is 5.15. The van der Waals surface area contributed by atoms with Gasteiger partial charge in [-0.05, 0) is 30.7 Å². The van der Waals surface area contributed by atoms with E-state index < -0.39 is 15.9 Å². The molecule has 0 aliphatic heterocycles. The van der Waals surface area contributed by atoms with Gasteiger partial charge in [-0.25, -0.2) is 13.2 Å². The molecule has 0 saturated carbocycles. The highest BCUT2D eigenvalue weighted by Crippen LogP contribution is 2.16. The van der Waals surface area contributed by atoms with E-state index in [-0.39, 0.29) is 10.6 Å². The highest BCUT2D eigenvalue weighted by molar-refractivity contribution is 7.91. The number of amides is 2. The molecule has 0 heterocycles. The van der Waals surface area contributed by atoms with Gasteiger partial charge < -0.3 is 11.1 Å². The van der Waals surface area contributed by atoms with Crippen molar-refractivity contribution < 1.29 is 13.2 Å². The van der Waals surface area contributed by atoms with E-state index in [0.717, 1.165) is 12.8 Å². The molecule has 0 atom stereocenters. The van der Waals surface area contributed by atoms with Crippen LogP contribution in [0.3, 0.4) is 0 Å². The zero-order valence-corrected chi connectivity index (χ0v) is 11.2. The first-order valence-corrected chi connectivity index (χ1v) is 7.50. The van der Waals surface area contributed by atoms with E-state index in [1.54, 1.807) is 0 Å². The van der Waals surface area contributed by atoms with Crippen molar-refractivity contribution in [3.8, 4) is 0 Å². The number of primary amides is 1. The minimum Gasteiger partial charge on any atom is -0.351 e. The molecule has 0 bridgehead atoms. The number of nitrogens with two attached hydrogens (primary N) is 1. The van der Waals surface area contributed by atoms with E-state index in [9.17, 15) is 13.2 Å². The lowest BCUT2D eigenvalue weighted by molar-refractivity contribution is 0.259. The van der Waals surface area contributed by atoms with Crippen LogP contribution >= 0.6 is 0 Å². The van der Waals surface area contributed by atoms with Gasteiger partial charge in [0.15, 0.2) is 9.84 Å². The SMILES string of the molecule is CCCCCS(=O)(=O)c1ccc(NC(N)=O)cc1. The molecule has 0 fully saturated rings. The van der Waals surface area contributed by atoms with Crippen LogP contribution in [0.1, 0.15) is 26.2 Å². The molecule has 0 radical (unpaired) electrons. The third-order valence-corrected chi connectivity index (χ3v) is 4.31. The fraction of sp³-hybridized carbons (Fsp3) is 0.417. The number of hydrogen-bond acceptors (Lipinski definition) is 3. The van der Waals surface area contributed by atoms with E-state index in [1.807, 2.05) is 6.92 Å². The molecule has 100 valence electrons. The zero-order chi connectivity index (χ0) is 13.6. The number of rotatable bonds is 6. The predicted octanol–water partition coefficient (Wildman–Crippen LogP) is 2.14. The topological polar surface area (TPSA) is 89.3 Å². The minimum atomic E-state index is -3.22. The van der Waals surface area contributed by atoms with E-state index >= 15 is 0 Å². The normalized spacial score (nSPS) is 11.2. The van der Waals surface area contributed by atoms with Crippen LogP contribution in [0.2, 0.25) is 0 Å². The van der Waals surface area contributed by atoms with Crippen LogP contribution in [-0.4, -0.2) is 20.2 Å². The van der Waals surface area contributed by atoms with E-state index in [1.165, 1.54) is 24.3 Å². The lowest BCUT2D eigenvalue weighted by Gasteiger charge is -2.06. The van der Waals surface area contributed by atoms with Gasteiger partial charge in [0, 0.05) is 5.69 Å². The van der Waals surface area contributed by atoms with Gasteiger partial charge in [-0.15, -0.1) is 0 Å². The van der Waals surface area contributed by atoms with E-state index in [4.69, 9.17) is 5.73 Å². The summed E-state index contributed by atoms with van der Waals surface area (Å²) in [5.74, 6) is 0.156. The lowest BCUT2D eigenvalue weighted by atomic mass is 10.3. The summed E-state index contributed by atoms with van der Waals surface area (Å²) in [6, 6.07) is 5.34. The molecule has 3 N–H and O–H groups in total. The molecule has 5 nitrogen and oxygen atoms in total. The second kappa shape index (κ2) is 6.39. The molecule has 1 rings (SSSR count). The maximum absolute atomic E-state index is 11.9. The van der Waals surface area contributed by atoms with Gasteiger partial charge in [0.2, 0.25) is 0 Å². The second-order valence-electron chi connectivity index (χ2n) is 4.04. The fourth-order valence-electron chi connectivity index (χ4n) is 1.55. The van der Waals surface area contributed by atoms with E-state index in [0.29, 0.717) is 12.1 Å². The van der Waals surface area contributed by atoms with Crippen LogP contribution in [0, 0.1) is 0 Å². The van der Waals surface area contributed by atoms with Crippen LogP contribution in [0.25, 0.3) is 0 Å². The summed E-state index contributed by atoms with van der Waals surface area (Å²) in [6.45, 7) is 2.02. The maximum atomic E-state index is 11.9. The van der Waals surface area contributed by atoms with Crippen molar-refractivity contribution in [2.24, 2.45) is 5.73 Å². The van der Waals surface area contributed by atoms with Crippen molar-refractivity contribution >= 4 is 21.6 Å². The molecule has 6 heteroatoms. The first-order valence-electron chi connectivity index (χ1n) is 5.85. The summed E-state index contributed by atoms with van der Waals surface area (Å²) in [5, 5.41) is 2.38. The quantitative estimate of drug-likeness (QED) is 0.776. The van der Waals surface area contributed by atoms with Gasteiger partial charge in [-0.3, -0.25) is 0 Å². The van der Waals surface area contributed by atoms with Crippen molar-refractivity contribution in [2.75, 3.05) is 11.1 Å². The average Bonchev–Trinajstić information content (AvgIpc) is 2.29. The molecule has 0 aliphatic carbocycles. The van der Waals surface area contributed by atoms with Gasteiger partial charge in [0.1, 0.15) is 0 Å². The molecule has 18 heavy (non-hydrogen) atoms. The Morgan fingerprint density at radius 1 is 1.22 bits per heavy atom. The van der Waals surface area contributed by atoms with Gasteiger partial charge in [-0.2, -0.15) is 0 Å². The summed E-state index contributed by atoms with van der Waals surface area (Å²) < 4.78 is 23.9. The van der Waals surface area contributed by atoms with Crippen LogP contribution in [-0.2, 0) is 9.84 Å². The van der Waals surface area contributed by atoms with Crippen LogP contribution in [0.15, 0.2) is 29.2 Å². The molecule has 0 saturated heterocycles. The van der Waals surface area contributed by atoms with Crippen molar-refractivity contribution in [1.82, 2.24) is 0 Å². The Morgan fingerprint density at radius 3 is 2.33 bits per heavy atom. The third-order valence-electron chi connectivity index (χ3n) is 2.50. The van der Waals surface area contributed by atoms with Gasteiger partial charge >= 0.3 is 6.03 Å². The monoisotopic (exact) mass is 270 g/mol. The molecule has 1 aromatic carbocycles. The third kappa shape index (κ3) is 4.37. The first kappa shape index (κ1) is 14.5. The Balaban J connectivity index is 2.74. The number of nitrogens with one attached hydrogen (secondary N) is 1. The average molecular weight is 270 g/mol. The summed E-state index contributed by atoms with van der Waals surface area (Å²) in [5.41, 5.74) is 5.44. The molecule has 0 aliphatic rings. The molecule has 0 aromatic heterocycles. The minimum absolute atomic E-state index is 0.156. The van der Waals surface area contributed by atoms with Crippen molar-refractivity contribution in [3.05, 3.63) is 24.3 Å². The molecular weight excluding hydrogens is 252 g/mol. The molecular formula is C12H18N2O3S. The van der Waals surface area contributed by atoms with Crippen LogP contribution < -0.4 is 11.1 Å². The van der Waals surface area contributed by atoms with Crippen molar-refractivity contribution in [2.45, 2.75) is 31.1 Å². The molecule has 0 spiro atoms. The van der Waals surface area contributed by atoms with Gasteiger partial charge in [-0.1, -0.05) is 19.8 Å². The Hall–Kier alpha value is -1.56. The van der Waals surface area contributed by atoms with Gasteiger partial charge in [0.25, 0.3) is 0 Å². The van der Waals surface area contributed by atoms with Crippen molar-refractivity contribution in [3.63, 3.8) is 0 Å². The van der Waals surface area contributed by atoms with Crippen LogP contribution in [0.4, 0.5) is 10.5 Å². The molecule has 2 amide bonds. The van der Waals surface area contributed by atoms with Crippen LogP contribution in [0.5, 0.6) is 0 Å². The summed E-state index contributed by atoms with van der Waals surface area (Å²) >= 11 is 0. The zero-order valence-electron chi connectivity index (χ0n) is 10.3. The molecule has 1 aromatic rings. The second-order valence-corrected chi connectivity index (χ2v) is 6.15.